The van der Waals surface area contributed by atoms with E-state index in [0.717, 1.165) is 32.1 Å². The first-order valence-electron chi connectivity index (χ1n) is 12.7. The highest BCUT2D eigenvalue weighted by atomic mass is 28.4. The summed E-state index contributed by atoms with van der Waals surface area (Å²) in [6.45, 7) is 11.0. The molecule has 2 aromatic carbocycles. The van der Waals surface area contributed by atoms with Crippen molar-refractivity contribution in [3.05, 3.63) is 60.7 Å². The van der Waals surface area contributed by atoms with Crippen LogP contribution in [0.4, 0.5) is 0 Å². The Labute approximate surface area is 201 Å². The predicted octanol–water partition coefficient (Wildman–Crippen LogP) is 6.26. The van der Waals surface area contributed by atoms with Gasteiger partial charge in [-0.1, -0.05) is 108 Å². The highest BCUT2D eigenvalue weighted by molar-refractivity contribution is 6.99. The number of carboxylic acid groups (broad SMARTS) is 1. The molecule has 0 aliphatic heterocycles. The van der Waals surface area contributed by atoms with E-state index in [4.69, 9.17) is 4.43 Å². The highest BCUT2D eigenvalue weighted by Gasteiger charge is 2.51. The molecule has 1 aliphatic rings. The first-order valence-corrected chi connectivity index (χ1v) is 14.6. The average Bonchev–Trinajstić information content (AvgIpc) is 2.78. The van der Waals surface area contributed by atoms with Crippen molar-refractivity contribution in [3.8, 4) is 0 Å². The van der Waals surface area contributed by atoms with Gasteiger partial charge < -0.3 is 9.53 Å². The van der Waals surface area contributed by atoms with Crippen molar-refractivity contribution in [3.63, 3.8) is 0 Å². The monoisotopic (exact) mass is 466 g/mol. The second kappa shape index (κ2) is 11.0. The topological polar surface area (TPSA) is 46.5 Å². The number of hydrogen-bond donors (Lipinski definition) is 1. The minimum absolute atomic E-state index is 0.0192. The van der Waals surface area contributed by atoms with Crippen LogP contribution in [0.3, 0.4) is 0 Å². The Balaban J connectivity index is 1.87. The summed E-state index contributed by atoms with van der Waals surface area (Å²) >= 11 is 0. The van der Waals surface area contributed by atoms with Crippen LogP contribution in [0.1, 0.15) is 73.1 Å². The quantitative estimate of drug-likeness (QED) is 0.444. The molecule has 1 saturated carbocycles. The Morgan fingerprint density at radius 3 is 2.00 bits per heavy atom. The van der Waals surface area contributed by atoms with Gasteiger partial charge in [0.15, 0.2) is 0 Å². The zero-order valence-corrected chi connectivity index (χ0v) is 22.1. The Morgan fingerprint density at radius 2 is 1.55 bits per heavy atom. The average molecular weight is 467 g/mol. The molecule has 0 aromatic heterocycles. The van der Waals surface area contributed by atoms with Gasteiger partial charge >= 0.3 is 5.97 Å². The summed E-state index contributed by atoms with van der Waals surface area (Å²) in [5.74, 6) is -0.179. The maximum absolute atomic E-state index is 11.7. The van der Waals surface area contributed by atoms with E-state index in [2.05, 4.69) is 81.4 Å². The number of rotatable bonds is 9. The lowest BCUT2D eigenvalue weighted by Crippen LogP contribution is -2.67. The summed E-state index contributed by atoms with van der Waals surface area (Å²) in [5, 5.41) is 12.2. The molecule has 4 heteroatoms. The van der Waals surface area contributed by atoms with Crippen LogP contribution in [0.2, 0.25) is 5.04 Å². The van der Waals surface area contributed by atoms with Gasteiger partial charge in [0.2, 0.25) is 0 Å². The molecule has 1 aliphatic carbocycles. The standard InChI is InChI=1S/C29H42O3Si/c1-22(2)27(28(30)31)20-19-23-13-12-14-24(21-23)32-33(29(3,4)5,25-15-8-6-9-16-25)26-17-10-7-11-18-26/h6-11,15-18,22-24,27H,12-14,19-21H2,1-5H3,(H,30,31). The summed E-state index contributed by atoms with van der Waals surface area (Å²) in [5.41, 5.74) is 0. The van der Waals surface area contributed by atoms with E-state index < -0.39 is 14.3 Å². The van der Waals surface area contributed by atoms with E-state index >= 15 is 0 Å². The Kier molecular flexibility index (Phi) is 8.57. The fraction of sp³-hybridized carbons (Fsp3) is 0.552. The molecule has 0 amide bonds. The summed E-state index contributed by atoms with van der Waals surface area (Å²) in [7, 11) is -2.54. The molecule has 3 unspecified atom stereocenters. The van der Waals surface area contributed by atoms with Gasteiger partial charge in [-0.25, -0.2) is 0 Å². The molecular formula is C29H42O3Si. The molecular weight excluding hydrogens is 424 g/mol. The molecule has 1 N–H and O–H groups in total. The number of aliphatic carboxylic acids is 1. The van der Waals surface area contributed by atoms with E-state index in [9.17, 15) is 9.90 Å². The number of carbonyl (C=O) groups is 1. The van der Waals surface area contributed by atoms with E-state index in [1.165, 1.54) is 16.8 Å². The highest BCUT2D eigenvalue weighted by Crippen LogP contribution is 2.40. The fourth-order valence-corrected chi connectivity index (χ4v) is 10.4. The molecule has 180 valence electrons. The number of hydrogen-bond acceptors (Lipinski definition) is 2. The molecule has 2 aromatic rings. The minimum atomic E-state index is -2.54. The molecule has 0 heterocycles. The molecule has 0 saturated heterocycles. The Bertz CT molecular complexity index is 833. The third-order valence-electron chi connectivity index (χ3n) is 7.50. The number of benzene rings is 2. The number of carboxylic acids is 1. The molecule has 33 heavy (non-hydrogen) atoms. The van der Waals surface area contributed by atoms with Gasteiger partial charge in [0, 0.05) is 6.10 Å². The van der Waals surface area contributed by atoms with E-state index in [-0.39, 0.29) is 23.0 Å². The van der Waals surface area contributed by atoms with Crippen LogP contribution in [0.5, 0.6) is 0 Å². The Morgan fingerprint density at radius 1 is 1.00 bits per heavy atom. The van der Waals surface area contributed by atoms with Crippen molar-refractivity contribution in [1.29, 1.82) is 0 Å². The molecule has 0 radical (unpaired) electrons. The molecule has 3 atom stereocenters. The van der Waals surface area contributed by atoms with Gasteiger partial charge in [0.05, 0.1) is 5.92 Å². The third kappa shape index (κ3) is 5.96. The van der Waals surface area contributed by atoms with Crippen LogP contribution in [0, 0.1) is 17.8 Å². The van der Waals surface area contributed by atoms with Crippen LogP contribution in [0.15, 0.2) is 60.7 Å². The van der Waals surface area contributed by atoms with Gasteiger partial charge in [-0.05, 0) is 52.9 Å². The zero-order chi connectivity index (χ0) is 24.1. The first-order chi connectivity index (χ1) is 15.6. The molecule has 3 rings (SSSR count). The lowest BCUT2D eigenvalue weighted by atomic mass is 9.81. The van der Waals surface area contributed by atoms with E-state index in [0.29, 0.717) is 5.92 Å². The smallest absolute Gasteiger partial charge is 0.306 e. The lowest BCUT2D eigenvalue weighted by molar-refractivity contribution is -0.143. The van der Waals surface area contributed by atoms with Gasteiger partial charge in [-0.15, -0.1) is 0 Å². The maximum Gasteiger partial charge on any atom is 0.306 e. The zero-order valence-electron chi connectivity index (χ0n) is 21.1. The van der Waals surface area contributed by atoms with Crippen LogP contribution in [0.25, 0.3) is 0 Å². The summed E-state index contributed by atoms with van der Waals surface area (Å²) in [6.07, 6.45) is 6.44. The lowest BCUT2D eigenvalue weighted by Gasteiger charge is -2.46. The summed E-state index contributed by atoms with van der Waals surface area (Å²) in [6, 6.07) is 21.7. The van der Waals surface area contributed by atoms with Crippen LogP contribution in [-0.4, -0.2) is 25.5 Å². The predicted molar refractivity (Wildman–Crippen MR) is 140 cm³/mol. The summed E-state index contributed by atoms with van der Waals surface area (Å²) < 4.78 is 7.37. The molecule has 1 fully saturated rings. The van der Waals surface area contributed by atoms with Crippen LogP contribution >= 0.6 is 0 Å². The van der Waals surface area contributed by atoms with Crippen molar-refractivity contribution in [1.82, 2.24) is 0 Å². The van der Waals surface area contributed by atoms with Crippen molar-refractivity contribution in [2.75, 3.05) is 0 Å². The van der Waals surface area contributed by atoms with Gasteiger partial charge in [-0.2, -0.15) is 0 Å². The van der Waals surface area contributed by atoms with Crippen LogP contribution in [-0.2, 0) is 9.22 Å². The van der Waals surface area contributed by atoms with E-state index in [1.54, 1.807) is 0 Å². The third-order valence-corrected chi connectivity index (χ3v) is 12.6. The molecule has 0 spiro atoms. The second-order valence-electron chi connectivity index (χ2n) is 11.2. The molecule has 3 nitrogen and oxygen atoms in total. The maximum atomic E-state index is 11.7. The van der Waals surface area contributed by atoms with Gasteiger partial charge in [-0.3, -0.25) is 4.79 Å². The minimum Gasteiger partial charge on any atom is -0.481 e. The fourth-order valence-electron chi connectivity index (χ4n) is 5.71. The largest absolute Gasteiger partial charge is 0.481 e. The SMILES string of the molecule is CC(C)C(CCC1CCCC(O[Si](c2ccccc2)(c2ccccc2)C(C)(C)C)C1)C(=O)O. The Hall–Kier alpha value is -1.91. The van der Waals surface area contributed by atoms with Gasteiger partial charge in [0.25, 0.3) is 8.32 Å². The normalized spacial score (nSPS) is 20.5. The molecule has 0 bridgehead atoms. The van der Waals surface area contributed by atoms with Crippen LogP contribution < -0.4 is 10.4 Å². The van der Waals surface area contributed by atoms with Crippen molar-refractivity contribution in [2.24, 2.45) is 17.8 Å². The van der Waals surface area contributed by atoms with Gasteiger partial charge in [0.1, 0.15) is 0 Å². The summed E-state index contributed by atoms with van der Waals surface area (Å²) in [4.78, 5) is 11.7. The van der Waals surface area contributed by atoms with Crippen molar-refractivity contribution >= 4 is 24.7 Å². The second-order valence-corrected chi connectivity index (χ2v) is 15.5. The van der Waals surface area contributed by atoms with E-state index in [1.807, 2.05) is 13.8 Å². The van der Waals surface area contributed by atoms with Crippen molar-refractivity contribution in [2.45, 2.75) is 84.3 Å². The van der Waals surface area contributed by atoms with Crippen molar-refractivity contribution < 1.29 is 14.3 Å². The first kappa shape index (κ1) is 25.7.